The lowest BCUT2D eigenvalue weighted by molar-refractivity contribution is 0.00790. The lowest BCUT2D eigenvalue weighted by Gasteiger charge is -2.38. The summed E-state index contributed by atoms with van der Waals surface area (Å²) < 4.78 is 22.2. The van der Waals surface area contributed by atoms with Gasteiger partial charge in [-0.1, -0.05) is 0 Å². The minimum atomic E-state index is -0.453. The Hall–Kier alpha value is -3.11. The molecule has 1 aliphatic carbocycles. The topological polar surface area (TPSA) is 85.4 Å². The number of aromatic nitrogens is 6. The number of fused-ring (bicyclic) bond motifs is 2. The number of anilines is 1. The zero-order chi connectivity index (χ0) is 23.8. The first-order valence-electron chi connectivity index (χ1n) is 12.5. The molecular formula is C25H31FN8O. The number of alkyl halides is 1. The van der Waals surface area contributed by atoms with Crippen LogP contribution in [-0.2, 0) is 11.3 Å². The lowest BCUT2D eigenvalue weighted by Crippen LogP contribution is -2.46. The highest BCUT2D eigenvalue weighted by molar-refractivity contribution is 5.82. The maximum Gasteiger partial charge on any atom is 0.241 e. The highest BCUT2D eigenvalue weighted by Crippen LogP contribution is 2.28. The summed E-state index contributed by atoms with van der Waals surface area (Å²) in [6.45, 7) is 5.50. The molecule has 0 radical (unpaired) electrons. The maximum absolute atomic E-state index is 13.0. The second kappa shape index (κ2) is 9.50. The first kappa shape index (κ1) is 22.4. The Morgan fingerprint density at radius 3 is 2.71 bits per heavy atom. The summed E-state index contributed by atoms with van der Waals surface area (Å²) in [5, 5.41) is 8.26. The third-order valence-electron chi connectivity index (χ3n) is 7.38. The van der Waals surface area contributed by atoms with Crippen molar-refractivity contribution in [3.63, 3.8) is 0 Å². The molecule has 1 N–H and O–H groups in total. The molecule has 1 aliphatic heterocycles. The molecule has 2 aliphatic rings. The van der Waals surface area contributed by atoms with E-state index in [0.717, 1.165) is 67.3 Å². The predicted molar refractivity (Wildman–Crippen MR) is 132 cm³/mol. The molecule has 35 heavy (non-hydrogen) atoms. The molecule has 4 aromatic heterocycles. The highest BCUT2D eigenvalue weighted by Gasteiger charge is 2.27. The van der Waals surface area contributed by atoms with E-state index in [9.17, 15) is 4.39 Å². The molecule has 5 heterocycles. The molecule has 0 aromatic carbocycles. The molecule has 0 amide bonds. The van der Waals surface area contributed by atoms with Crippen molar-refractivity contribution in [3.05, 3.63) is 36.4 Å². The molecule has 4 aromatic rings. The van der Waals surface area contributed by atoms with Gasteiger partial charge in [0, 0.05) is 36.9 Å². The van der Waals surface area contributed by atoms with E-state index in [0.29, 0.717) is 23.7 Å². The summed E-state index contributed by atoms with van der Waals surface area (Å²) in [6.07, 6.45) is 8.41. The van der Waals surface area contributed by atoms with Crippen molar-refractivity contribution in [2.45, 2.75) is 51.2 Å². The van der Waals surface area contributed by atoms with Gasteiger partial charge in [0.05, 0.1) is 37.2 Å². The molecule has 1 saturated heterocycles. The summed E-state index contributed by atoms with van der Waals surface area (Å²) in [4.78, 5) is 16.5. The molecule has 0 atom stereocenters. The summed E-state index contributed by atoms with van der Waals surface area (Å²) in [6, 6.07) is 6.94. The first-order chi connectivity index (χ1) is 17.2. The number of rotatable bonds is 6. The Balaban J connectivity index is 1.17. The van der Waals surface area contributed by atoms with E-state index in [4.69, 9.17) is 14.8 Å². The second-order valence-corrected chi connectivity index (χ2v) is 9.48. The smallest absolute Gasteiger partial charge is 0.241 e. The van der Waals surface area contributed by atoms with Crippen LogP contribution in [0.4, 0.5) is 10.3 Å². The standard InChI is InChI=1S/C25H31FN8O/c1-17-28-22-7-6-21(30-24(22)33(17)11-9-26)20-8-10-34-23(20)16-27-25(31-34)29-18-2-4-19(5-3-18)32-12-14-35-15-13-32/h6-8,10,16,18-19H,2-5,9,11-15H2,1H3,(H,29,31)/t18-,19+. The Labute approximate surface area is 203 Å². The van der Waals surface area contributed by atoms with Gasteiger partial charge in [-0.2, -0.15) is 0 Å². The van der Waals surface area contributed by atoms with Gasteiger partial charge in [-0.15, -0.1) is 5.10 Å². The van der Waals surface area contributed by atoms with Crippen molar-refractivity contribution in [2.75, 3.05) is 38.3 Å². The number of ether oxygens (including phenoxy) is 1. The van der Waals surface area contributed by atoms with Crippen LogP contribution in [0.25, 0.3) is 27.9 Å². The number of imidazole rings is 1. The summed E-state index contributed by atoms with van der Waals surface area (Å²) in [7, 11) is 0. The van der Waals surface area contributed by atoms with Gasteiger partial charge in [-0.3, -0.25) is 4.90 Å². The second-order valence-electron chi connectivity index (χ2n) is 9.48. The average molecular weight is 479 g/mol. The Bertz CT molecular complexity index is 1320. The van der Waals surface area contributed by atoms with Gasteiger partial charge < -0.3 is 14.6 Å². The van der Waals surface area contributed by atoms with Gasteiger partial charge in [0.15, 0.2) is 5.65 Å². The van der Waals surface area contributed by atoms with Crippen molar-refractivity contribution in [3.8, 4) is 11.3 Å². The fourth-order valence-electron chi connectivity index (χ4n) is 5.51. The number of hydrogen-bond donors (Lipinski definition) is 1. The van der Waals surface area contributed by atoms with Gasteiger partial charge in [0.1, 0.15) is 18.0 Å². The van der Waals surface area contributed by atoms with Crippen LogP contribution in [-0.4, -0.2) is 79.1 Å². The summed E-state index contributed by atoms with van der Waals surface area (Å²) >= 11 is 0. The zero-order valence-corrected chi connectivity index (χ0v) is 20.0. The molecule has 1 saturated carbocycles. The van der Waals surface area contributed by atoms with Gasteiger partial charge in [-0.05, 0) is 50.8 Å². The molecule has 0 unspecified atom stereocenters. The number of halogens is 1. The van der Waals surface area contributed by atoms with Crippen LogP contribution < -0.4 is 5.32 Å². The van der Waals surface area contributed by atoms with E-state index in [1.54, 1.807) is 0 Å². The predicted octanol–water partition coefficient (Wildman–Crippen LogP) is 3.47. The number of pyridine rings is 1. The largest absolute Gasteiger partial charge is 0.379 e. The van der Waals surface area contributed by atoms with Crippen LogP contribution in [0.3, 0.4) is 0 Å². The molecule has 2 fully saturated rings. The normalized spacial score (nSPS) is 21.7. The molecule has 184 valence electrons. The molecule has 0 bridgehead atoms. The Morgan fingerprint density at radius 1 is 1.09 bits per heavy atom. The number of nitrogens with one attached hydrogen (secondary N) is 1. The fraction of sp³-hybridized carbons (Fsp3) is 0.520. The van der Waals surface area contributed by atoms with Crippen LogP contribution >= 0.6 is 0 Å². The third-order valence-corrected chi connectivity index (χ3v) is 7.38. The van der Waals surface area contributed by atoms with Gasteiger partial charge in [0.25, 0.3) is 0 Å². The lowest BCUT2D eigenvalue weighted by atomic mass is 9.90. The van der Waals surface area contributed by atoms with Gasteiger partial charge >= 0.3 is 0 Å². The van der Waals surface area contributed by atoms with Crippen LogP contribution in [0.5, 0.6) is 0 Å². The number of hydrogen-bond acceptors (Lipinski definition) is 7. The monoisotopic (exact) mass is 478 g/mol. The quantitative estimate of drug-likeness (QED) is 0.454. The van der Waals surface area contributed by atoms with Crippen molar-refractivity contribution in [1.82, 2.24) is 34.0 Å². The van der Waals surface area contributed by atoms with Gasteiger partial charge in [-0.25, -0.2) is 23.9 Å². The van der Waals surface area contributed by atoms with Crippen molar-refractivity contribution >= 4 is 22.6 Å². The summed E-state index contributed by atoms with van der Waals surface area (Å²) in [5.41, 5.74) is 4.09. The summed E-state index contributed by atoms with van der Waals surface area (Å²) in [5.74, 6) is 1.41. The van der Waals surface area contributed by atoms with E-state index in [1.807, 2.05) is 46.6 Å². The molecule has 6 rings (SSSR count). The van der Waals surface area contributed by atoms with Crippen LogP contribution in [0.15, 0.2) is 30.6 Å². The highest BCUT2D eigenvalue weighted by atomic mass is 19.1. The van der Waals surface area contributed by atoms with Crippen LogP contribution in [0.1, 0.15) is 31.5 Å². The molecule has 10 heteroatoms. The number of morpholine rings is 1. The van der Waals surface area contributed by atoms with E-state index >= 15 is 0 Å². The average Bonchev–Trinajstić information content (AvgIpc) is 3.45. The molecule has 0 spiro atoms. The molecular weight excluding hydrogens is 447 g/mol. The van der Waals surface area contributed by atoms with E-state index < -0.39 is 6.67 Å². The van der Waals surface area contributed by atoms with Crippen molar-refractivity contribution in [1.29, 1.82) is 0 Å². The Morgan fingerprint density at radius 2 is 1.91 bits per heavy atom. The fourth-order valence-corrected chi connectivity index (χ4v) is 5.51. The SMILES string of the molecule is Cc1nc2ccc(-c3ccn4nc(N[C@H]5CC[C@@H](N6CCOCC6)CC5)ncc34)nc2n1CCF. The van der Waals surface area contributed by atoms with E-state index in [2.05, 4.69) is 20.2 Å². The zero-order valence-electron chi connectivity index (χ0n) is 20.0. The maximum atomic E-state index is 13.0. The van der Waals surface area contributed by atoms with Gasteiger partial charge in [0.2, 0.25) is 5.95 Å². The Kier molecular flexibility index (Phi) is 6.07. The van der Waals surface area contributed by atoms with Crippen LogP contribution in [0, 0.1) is 6.92 Å². The van der Waals surface area contributed by atoms with Crippen molar-refractivity contribution in [2.24, 2.45) is 0 Å². The minimum Gasteiger partial charge on any atom is -0.379 e. The van der Waals surface area contributed by atoms with Crippen molar-refractivity contribution < 1.29 is 9.13 Å². The van der Waals surface area contributed by atoms with E-state index in [1.165, 1.54) is 12.8 Å². The van der Waals surface area contributed by atoms with Crippen LogP contribution in [0.2, 0.25) is 0 Å². The number of nitrogens with zero attached hydrogens (tertiary/aromatic N) is 7. The van der Waals surface area contributed by atoms with E-state index in [-0.39, 0.29) is 6.54 Å². The number of aryl methyl sites for hydroxylation is 2. The third kappa shape index (κ3) is 4.36. The molecule has 9 nitrogen and oxygen atoms in total. The first-order valence-corrected chi connectivity index (χ1v) is 12.5. The minimum absolute atomic E-state index is 0.252.